The molecule has 1 aliphatic heterocycles. The van der Waals surface area contributed by atoms with Gasteiger partial charge in [0.1, 0.15) is 11.3 Å². The van der Waals surface area contributed by atoms with E-state index < -0.39 is 0 Å². The number of rotatable bonds is 1. The fraction of sp³-hybridized carbons (Fsp3) is 0.455. The molecule has 0 aliphatic carbocycles. The molecule has 3 heterocycles. The molecule has 2 aromatic heterocycles. The zero-order chi connectivity index (χ0) is 11.0. The van der Waals surface area contributed by atoms with Crippen LogP contribution in [0, 0.1) is 0 Å². The maximum atomic E-state index is 5.92. The maximum absolute atomic E-state index is 5.92. The Kier molecular flexibility index (Phi) is 2.25. The van der Waals surface area contributed by atoms with Gasteiger partial charge in [-0.3, -0.25) is 0 Å². The highest BCUT2D eigenvalue weighted by molar-refractivity contribution is 5.69. The van der Waals surface area contributed by atoms with Gasteiger partial charge in [-0.05, 0) is 25.9 Å². The number of piperidine rings is 1. The zero-order valence-corrected chi connectivity index (χ0v) is 9.06. The molecule has 0 aromatic carbocycles. The monoisotopic (exact) mass is 217 g/mol. The van der Waals surface area contributed by atoms with Crippen molar-refractivity contribution in [3.8, 4) is 0 Å². The number of nitrogens with one attached hydrogen (secondary N) is 1. The van der Waals surface area contributed by atoms with Gasteiger partial charge in [-0.25, -0.2) is 9.97 Å². The summed E-state index contributed by atoms with van der Waals surface area (Å²) < 4.78 is 1.96. The number of hydrogen-bond donors (Lipinski definition) is 2. The lowest BCUT2D eigenvalue weighted by molar-refractivity contribution is 0.456. The molecule has 0 atom stereocenters. The number of nitrogens with two attached hydrogens (primary N) is 1. The van der Waals surface area contributed by atoms with Gasteiger partial charge in [0, 0.05) is 18.3 Å². The molecule has 0 bridgehead atoms. The predicted molar refractivity (Wildman–Crippen MR) is 62.2 cm³/mol. The summed E-state index contributed by atoms with van der Waals surface area (Å²) in [6.45, 7) is 2.12. The molecule has 2 aromatic rings. The molecule has 0 radical (unpaired) electrons. The first-order chi connectivity index (χ1) is 7.86. The molecule has 84 valence electrons. The highest BCUT2D eigenvalue weighted by Crippen LogP contribution is 2.29. The Morgan fingerprint density at radius 3 is 2.94 bits per heavy atom. The Morgan fingerprint density at radius 2 is 2.12 bits per heavy atom. The van der Waals surface area contributed by atoms with Crippen molar-refractivity contribution in [1.82, 2.24) is 19.7 Å². The van der Waals surface area contributed by atoms with Crippen molar-refractivity contribution in [3.05, 3.63) is 24.4 Å². The number of anilines is 1. The molecule has 1 saturated heterocycles. The van der Waals surface area contributed by atoms with E-state index in [0.29, 0.717) is 11.7 Å². The van der Waals surface area contributed by atoms with Crippen molar-refractivity contribution in [3.63, 3.8) is 0 Å². The summed E-state index contributed by atoms with van der Waals surface area (Å²) in [7, 11) is 0. The largest absolute Gasteiger partial charge is 0.382 e. The van der Waals surface area contributed by atoms with E-state index in [4.69, 9.17) is 5.73 Å². The van der Waals surface area contributed by atoms with E-state index in [1.807, 2.05) is 16.9 Å². The van der Waals surface area contributed by atoms with E-state index >= 15 is 0 Å². The zero-order valence-electron chi connectivity index (χ0n) is 9.06. The van der Waals surface area contributed by atoms with Crippen LogP contribution in [0.5, 0.6) is 0 Å². The van der Waals surface area contributed by atoms with Crippen molar-refractivity contribution < 1.29 is 0 Å². The topological polar surface area (TPSA) is 68.2 Å². The van der Waals surface area contributed by atoms with Gasteiger partial charge in [-0.1, -0.05) is 0 Å². The maximum Gasteiger partial charge on any atom is 0.149 e. The molecule has 3 rings (SSSR count). The van der Waals surface area contributed by atoms with E-state index in [2.05, 4.69) is 15.3 Å². The van der Waals surface area contributed by atoms with Crippen LogP contribution in [-0.2, 0) is 0 Å². The van der Waals surface area contributed by atoms with Crippen LogP contribution in [0.15, 0.2) is 18.7 Å². The van der Waals surface area contributed by atoms with Crippen LogP contribution in [0.1, 0.15) is 24.5 Å². The number of fused-ring (bicyclic) bond motifs is 1. The van der Waals surface area contributed by atoms with Gasteiger partial charge < -0.3 is 15.5 Å². The van der Waals surface area contributed by atoms with E-state index in [0.717, 1.165) is 37.1 Å². The molecule has 0 amide bonds. The van der Waals surface area contributed by atoms with Gasteiger partial charge in [0.25, 0.3) is 0 Å². The van der Waals surface area contributed by atoms with Crippen LogP contribution >= 0.6 is 0 Å². The minimum Gasteiger partial charge on any atom is -0.382 e. The lowest BCUT2D eigenvalue weighted by Crippen LogP contribution is -2.26. The normalized spacial score (nSPS) is 18.0. The average Bonchev–Trinajstić information content (AvgIpc) is 2.75. The van der Waals surface area contributed by atoms with E-state index in [-0.39, 0.29) is 0 Å². The molecule has 5 heteroatoms. The minimum absolute atomic E-state index is 0.512. The van der Waals surface area contributed by atoms with Crippen molar-refractivity contribution in [2.24, 2.45) is 0 Å². The molecule has 16 heavy (non-hydrogen) atoms. The van der Waals surface area contributed by atoms with Crippen LogP contribution in [0.4, 0.5) is 5.82 Å². The summed E-state index contributed by atoms with van der Waals surface area (Å²) in [6, 6.07) is 0. The third-order valence-corrected chi connectivity index (χ3v) is 3.23. The fourth-order valence-corrected chi connectivity index (χ4v) is 2.39. The van der Waals surface area contributed by atoms with Gasteiger partial charge in [-0.2, -0.15) is 0 Å². The number of aromatic nitrogens is 3. The quantitative estimate of drug-likeness (QED) is 0.740. The first kappa shape index (κ1) is 9.59. The van der Waals surface area contributed by atoms with E-state index in [1.54, 1.807) is 6.20 Å². The Balaban J connectivity index is 2.09. The molecule has 1 aliphatic rings. The molecule has 0 unspecified atom stereocenters. The van der Waals surface area contributed by atoms with Gasteiger partial charge in [-0.15, -0.1) is 0 Å². The van der Waals surface area contributed by atoms with Gasteiger partial charge >= 0.3 is 0 Å². The smallest absolute Gasteiger partial charge is 0.149 e. The van der Waals surface area contributed by atoms with Crippen LogP contribution < -0.4 is 11.1 Å². The van der Waals surface area contributed by atoms with E-state index in [9.17, 15) is 0 Å². The SMILES string of the molecule is Nc1nccn2cnc(C3CCNCC3)c12. The summed E-state index contributed by atoms with van der Waals surface area (Å²) in [5, 5.41) is 3.36. The van der Waals surface area contributed by atoms with Gasteiger partial charge in [0.15, 0.2) is 0 Å². The molecular formula is C11H15N5. The summed E-state index contributed by atoms with van der Waals surface area (Å²) in [5.74, 6) is 1.09. The van der Waals surface area contributed by atoms with Crippen molar-refractivity contribution >= 4 is 11.3 Å². The first-order valence-corrected chi connectivity index (χ1v) is 5.64. The predicted octanol–water partition coefficient (Wildman–Crippen LogP) is 0.778. The Labute approximate surface area is 93.7 Å². The van der Waals surface area contributed by atoms with Crippen LogP contribution in [0.2, 0.25) is 0 Å². The first-order valence-electron chi connectivity index (χ1n) is 5.64. The molecule has 3 N–H and O–H groups in total. The Bertz CT molecular complexity index is 498. The second-order valence-corrected chi connectivity index (χ2v) is 4.22. The number of hydrogen-bond acceptors (Lipinski definition) is 4. The van der Waals surface area contributed by atoms with Gasteiger partial charge in [0.05, 0.1) is 12.0 Å². The second kappa shape index (κ2) is 3.75. The third-order valence-electron chi connectivity index (χ3n) is 3.23. The van der Waals surface area contributed by atoms with Crippen LogP contribution in [0.25, 0.3) is 5.52 Å². The summed E-state index contributed by atoms with van der Waals surface area (Å²) in [4.78, 5) is 8.63. The number of imidazole rings is 1. The molecule has 1 fully saturated rings. The minimum atomic E-state index is 0.512. The van der Waals surface area contributed by atoms with E-state index in [1.165, 1.54) is 0 Å². The summed E-state index contributed by atoms with van der Waals surface area (Å²) >= 11 is 0. The lowest BCUT2D eigenvalue weighted by atomic mass is 9.94. The van der Waals surface area contributed by atoms with Crippen molar-refractivity contribution in [2.45, 2.75) is 18.8 Å². The summed E-state index contributed by atoms with van der Waals surface area (Å²) in [5.41, 5.74) is 8.01. The van der Waals surface area contributed by atoms with Crippen molar-refractivity contribution in [1.29, 1.82) is 0 Å². The second-order valence-electron chi connectivity index (χ2n) is 4.22. The average molecular weight is 217 g/mol. The lowest BCUT2D eigenvalue weighted by Gasteiger charge is -2.21. The number of nitrogens with zero attached hydrogens (tertiary/aromatic N) is 3. The Hall–Kier alpha value is -1.62. The fourth-order valence-electron chi connectivity index (χ4n) is 2.39. The Morgan fingerprint density at radius 1 is 1.31 bits per heavy atom. The molecule has 0 spiro atoms. The molecule has 5 nitrogen and oxygen atoms in total. The molecular weight excluding hydrogens is 202 g/mol. The third kappa shape index (κ3) is 1.44. The molecule has 0 saturated carbocycles. The van der Waals surface area contributed by atoms with Crippen LogP contribution in [-0.4, -0.2) is 27.5 Å². The van der Waals surface area contributed by atoms with Crippen LogP contribution in [0.3, 0.4) is 0 Å². The summed E-state index contributed by atoms with van der Waals surface area (Å²) in [6.07, 6.45) is 7.67. The standard InChI is InChI=1S/C11H15N5/c12-11-10-9(8-1-3-13-4-2-8)15-7-16(10)6-5-14-11/h5-8,13H,1-4H2,(H2,12,14). The highest BCUT2D eigenvalue weighted by atomic mass is 15.0. The van der Waals surface area contributed by atoms with Gasteiger partial charge in [0.2, 0.25) is 0 Å². The van der Waals surface area contributed by atoms with Crippen molar-refractivity contribution in [2.75, 3.05) is 18.8 Å². The number of nitrogen functional groups attached to an aromatic ring is 1. The highest BCUT2D eigenvalue weighted by Gasteiger charge is 2.21.